The van der Waals surface area contributed by atoms with Gasteiger partial charge in [-0.25, -0.2) is 4.98 Å². The third-order valence-electron chi connectivity index (χ3n) is 2.31. The number of pyridine rings is 1. The molecule has 1 nitrogen and oxygen atoms in total. The second kappa shape index (κ2) is 5.08. The zero-order valence-electron chi connectivity index (χ0n) is 9.18. The maximum atomic E-state index is 13.2. The Balaban J connectivity index is 0.000000461. The molecular formula is C12H18FN. The molecule has 1 aliphatic carbocycles. The van der Waals surface area contributed by atoms with Crippen molar-refractivity contribution in [2.24, 2.45) is 0 Å². The maximum absolute atomic E-state index is 13.2. The van der Waals surface area contributed by atoms with Gasteiger partial charge in [0.2, 0.25) is 5.95 Å². The van der Waals surface area contributed by atoms with Crippen LogP contribution in [0, 0.1) is 5.95 Å². The van der Waals surface area contributed by atoms with Gasteiger partial charge in [0, 0.05) is 11.3 Å². The molecule has 1 aromatic rings. The number of aryl methyl sites for hydroxylation is 1. The van der Waals surface area contributed by atoms with Crippen LogP contribution in [0.5, 0.6) is 0 Å². The highest BCUT2D eigenvalue weighted by Gasteiger charge is 2.26. The normalized spacial score (nSPS) is 14.6. The molecule has 1 aromatic heterocycles. The number of nitrogens with zero attached hydrogens (tertiary/aromatic N) is 1. The molecule has 78 valence electrons. The molecule has 1 saturated carbocycles. The van der Waals surface area contributed by atoms with Gasteiger partial charge in [0.25, 0.3) is 0 Å². The molecule has 2 rings (SSSR count). The van der Waals surface area contributed by atoms with E-state index in [0.717, 1.165) is 30.5 Å². The largest absolute Gasteiger partial charge is 0.225 e. The Bertz CT molecular complexity index is 292. The Kier molecular flexibility index (Phi) is 4.05. The summed E-state index contributed by atoms with van der Waals surface area (Å²) in [6.45, 7) is 5.98. The summed E-state index contributed by atoms with van der Waals surface area (Å²) in [4.78, 5) is 3.89. The zero-order chi connectivity index (χ0) is 10.6. The number of hydrogen-bond acceptors (Lipinski definition) is 1. The number of aromatic nitrogens is 1. The fraction of sp³-hybridized carbons (Fsp3) is 0.583. The van der Waals surface area contributed by atoms with Gasteiger partial charge in [-0.05, 0) is 31.2 Å². The van der Waals surface area contributed by atoms with Crippen molar-refractivity contribution in [1.29, 1.82) is 0 Å². The molecule has 0 aliphatic heterocycles. The zero-order valence-corrected chi connectivity index (χ0v) is 9.18. The molecule has 0 unspecified atom stereocenters. The summed E-state index contributed by atoms with van der Waals surface area (Å²) in [5.74, 6) is 0.209. The van der Waals surface area contributed by atoms with Crippen molar-refractivity contribution in [3.63, 3.8) is 0 Å². The lowest BCUT2D eigenvalue weighted by Crippen LogP contribution is -1.95. The molecule has 0 atom stereocenters. The van der Waals surface area contributed by atoms with Crippen LogP contribution in [0.1, 0.15) is 50.8 Å². The van der Waals surface area contributed by atoms with Crippen LogP contribution in [0.2, 0.25) is 0 Å². The standard InChI is InChI=1S/C10H12FN.C2H6/c1-2-8-5-6-9(7-3-4-7)10(11)12-8;1-2/h5-7H,2-4H2,1H3;1-2H3. The Labute approximate surface area is 85.4 Å². The second-order valence-corrected chi connectivity index (χ2v) is 3.31. The third-order valence-corrected chi connectivity index (χ3v) is 2.31. The fourth-order valence-corrected chi connectivity index (χ4v) is 1.38. The fourth-order valence-electron chi connectivity index (χ4n) is 1.38. The molecule has 0 bridgehead atoms. The molecule has 2 heteroatoms. The highest BCUT2D eigenvalue weighted by atomic mass is 19.1. The monoisotopic (exact) mass is 195 g/mol. The van der Waals surface area contributed by atoms with Gasteiger partial charge >= 0.3 is 0 Å². The third kappa shape index (κ3) is 2.53. The second-order valence-electron chi connectivity index (χ2n) is 3.31. The minimum Gasteiger partial charge on any atom is -0.225 e. The minimum absolute atomic E-state index is 0.253. The Morgan fingerprint density at radius 3 is 2.43 bits per heavy atom. The average molecular weight is 195 g/mol. The van der Waals surface area contributed by atoms with Crippen LogP contribution in [-0.2, 0) is 6.42 Å². The predicted molar refractivity (Wildman–Crippen MR) is 56.9 cm³/mol. The molecular weight excluding hydrogens is 177 g/mol. The highest BCUT2D eigenvalue weighted by molar-refractivity contribution is 5.23. The Morgan fingerprint density at radius 2 is 2.00 bits per heavy atom. The van der Waals surface area contributed by atoms with E-state index in [4.69, 9.17) is 0 Å². The van der Waals surface area contributed by atoms with E-state index in [1.807, 2.05) is 32.9 Å². The minimum atomic E-state index is -0.253. The van der Waals surface area contributed by atoms with Gasteiger partial charge in [0.1, 0.15) is 0 Å². The maximum Gasteiger partial charge on any atom is 0.216 e. The van der Waals surface area contributed by atoms with Gasteiger partial charge in [0.05, 0.1) is 0 Å². The van der Waals surface area contributed by atoms with Crippen LogP contribution in [-0.4, -0.2) is 4.98 Å². The van der Waals surface area contributed by atoms with E-state index in [1.165, 1.54) is 0 Å². The van der Waals surface area contributed by atoms with E-state index in [-0.39, 0.29) is 5.95 Å². The van der Waals surface area contributed by atoms with E-state index in [2.05, 4.69) is 4.98 Å². The SMILES string of the molecule is CC.CCc1ccc(C2CC2)c(F)n1. The van der Waals surface area contributed by atoms with Gasteiger partial charge < -0.3 is 0 Å². The lowest BCUT2D eigenvalue weighted by molar-refractivity contribution is 0.561. The summed E-state index contributed by atoms with van der Waals surface area (Å²) < 4.78 is 13.2. The van der Waals surface area contributed by atoms with Gasteiger partial charge in [-0.2, -0.15) is 4.39 Å². The number of halogens is 1. The molecule has 0 spiro atoms. The summed E-state index contributed by atoms with van der Waals surface area (Å²) in [7, 11) is 0. The first kappa shape index (κ1) is 11.2. The van der Waals surface area contributed by atoms with Crippen molar-refractivity contribution >= 4 is 0 Å². The van der Waals surface area contributed by atoms with Crippen LogP contribution in [0.4, 0.5) is 4.39 Å². The van der Waals surface area contributed by atoms with Crippen molar-refractivity contribution in [3.05, 3.63) is 29.3 Å². The van der Waals surface area contributed by atoms with Crippen molar-refractivity contribution in [3.8, 4) is 0 Å². The molecule has 1 fully saturated rings. The van der Waals surface area contributed by atoms with Crippen LogP contribution in [0.3, 0.4) is 0 Å². The molecule has 14 heavy (non-hydrogen) atoms. The first-order valence-corrected chi connectivity index (χ1v) is 5.46. The van der Waals surface area contributed by atoms with E-state index in [9.17, 15) is 4.39 Å². The molecule has 1 heterocycles. The Hall–Kier alpha value is -0.920. The Morgan fingerprint density at radius 1 is 1.36 bits per heavy atom. The van der Waals surface area contributed by atoms with E-state index < -0.39 is 0 Å². The van der Waals surface area contributed by atoms with Gasteiger partial charge in [0.15, 0.2) is 0 Å². The van der Waals surface area contributed by atoms with Gasteiger partial charge in [-0.15, -0.1) is 0 Å². The first-order chi connectivity index (χ1) is 6.81. The van der Waals surface area contributed by atoms with Crippen LogP contribution >= 0.6 is 0 Å². The number of hydrogen-bond donors (Lipinski definition) is 0. The van der Waals surface area contributed by atoms with E-state index in [0.29, 0.717) is 5.92 Å². The summed E-state index contributed by atoms with van der Waals surface area (Å²) in [5, 5.41) is 0. The summed E-state index contributed by atoms with van der Waals surface area (Å²) in [6.07, 6.45) is 3.07. The predicted octanol–water partition coefficient (Wildman–Crippen LogP) is 3.69. The van der Waals surface area contributed by atoms with E-state index >= 15 is 0 Å². The molecule has 0 aromatic carbocycles. The summed E-state index contributed by atoms with van der Waals surface area (Å²) in [6, 6.07) is 3.82. The van der Waals surface area contributed by atoms with Crippen molar-refractivity contribution in [1.82, 2.24) is 4.98 Å². The van der Waals surface area contributed by atoms with Crippen LogP contribution < -0.4 is 0 Å². The van der Waals surface area contributed by atoms with Crippen molar-refractivity contribution in [2.45, 2.75) is 46.0 Å². The van der Waals surface area contributed by atoms with Crippen LogP contribution in [0.25, 0.3) is 0 Å². The molecule has 0 N–H and O–H groups in total. The first-order valence-electron chi connectivity index (χ1n) is 5.46. The lowest BCUT2D eigenvalue weighted by Gasteiger charge is -2.01. The molecule has 0 saturated heterocycles. The summed E-state index contributed by atoms with van der Waals surface area (Å²) in [5.41, 5.74) is 1.66. The average Bonchev–Trinajstić information content (AvgIpc) is 3.04. The quantitative estimate of drug-likeness (QED) is 0.656. The lowest BCUT2D eigenvalue weighted by atomic mass is 10.1. The number of rotatable bonds is 2. The van der Waals surface area contributed by atoms with Crippen molar-refractivity contribution < 1.29 is 4.39 Å². The van der Waals surface area contributed by atoms with Crippen LogP contribution in [0.15, 0.2) is 12.1 Å². The molecule has 1 aliphatic rings. The smallest absolute Gasteiger partial charge is 0.216 e. The van der Waals surface area contributed by atoms with Crippen molar-refractivity contribution in [2.75, 3.05) is 0 Å². The topological polar surface area (TPSA) is 12.9 Å². The van der Waals surface area contributed by atoms with Gasteiger partial charge in [-0.3, -0.25) is 0 Å². The van der Waals surface area contributed by atoms with Gasteiger partial charge in [-0.1, -0.05) is 26.8 Å². The van der Waals surface area contributed by atoms with E-state index in [1.54, 1.807) is 0 Å². The molecule has 0 amide bonds. The molecule has 0 radical (unpaired) electrons. The summed E-state index contributed by atoms with van der Waals surface area (Å²) >= 11 is 0. The highest BCUT2D eigenvalue weighted by Crippen LogP contribution is 2.40.